The zero-order valence-electron chi connectivity index (χ0n) is 13.7. The number of nitrogens with zero attached hydrogens (tertiary/aromatic N) is 3. The summed E-state index contributed by atoms with van der Waals surface area (Å²) in [6.07, 6.45) is 2.09. The van der Waals surface area contributed by atoms with Crippen LogP contribution in [0.4, 0.5) is 0 Å². The second-order valence-corrected chi connectivity index (χ2v) is 5.13. The Hall–Kier alpha value is -1.83. The van der Waals surface area contributed by atoms with Crippen LogP contribution in [0.25, 0.3) is 16.7 Å². The summed E-state index contributed by atoms with van der Waals surface area (Å²) in [6.45, 7) is 2.70. The number of hydrogen-bond acceptors (Lipinski definition) is 5. The minimum Gasteiger partial charge on any atom is -0.550 e. The van der Waals surface area contributed by atoms with E-state index < -0.39 is 5.97 Å². The molecule has 120 valence electrons. The predicted molar refractivity (Wildman–Crippen MR) is 82.4 cm³/mol. The second-order valence-electron chi connectivity index (χ2n) is 5.13. The zero-order chi connectivity index (χ0) is 16.4. The molecule has 0 atom stereocenters. The van der Waals surface area contributed by atoms with Gasteiger partial charge < -0.3 is 19.2 Å². The summed E-state index contributed by atoms with van der Waals surface area (Å²) in [6, 6.07) is 7.03. The predicted octanol–water partition coefficient (Wildman–Crippen LogP) is -2.42. The van der Waals surface area contributed by atoms with Crippen molar-refractivity contribution >= 4 is 22.6 Å². The van der Waals surface area contributed by atoms with Gasteiger partial charge in [-0.05, 0) is 38.0 Å². The maximum absolute atomic E-state index is 12.4. The molecule has 0 saturated heterocycles. The van der Waals surface area contributed by atoms with Gasteiger partial charge in [-0.1, -0.05) is 0 Å². The number of rotatable bonds is 6. The number of aryl methyl sites for hydroxylation is 1. The third kappa shape index (κ3) is 3.48. The van der Waals surface area contributed by atoms with Crippen LogP contribution in [0, 0.1) is 0 Å². The van der Waals surface area contributed by atoms with Crippen molar-refractivity contribution in [2.75, 3.05) is 6.61 Å². The van der Waals surface area contributed by atoms with Crippen LogP contribution in [0.1, 0.15) is 19.8 Å². The number of pyridine rings is 1. The zero-order valence-corrected chi connectivity index (χ0v) is 15.7. The third-order valence-corrected chi connectivity index (χ3v) is 3.65. The molecule has 0 N–H and O–H groups in total. The molecule has 7 nitrogen and oxygen atoms in total. The van der Waals surface area contributed by atoms with Crippen molar-refractivity contribution in [3.05, 3.63) is 40.8 Å². The number of fused-ring (bicyclic) bond motifs is 3. The minimum atomic E-state index is -1.10. The second kappa shape index (κ2) is 7.83. The Morgan fingerprint density at radius 1 is 1.29 bits per heavy atom. The maximum Gasteiger partial charge on any atom is 1.00 e. The van der Waals surface area contributed by atoms with E-state index in [1.807, 2.05) is 6.92 Å². The molecule has 3 rings (SSSR count). The van der Waals surface area contributed by atoms with Crippen LogP contribution in [-0.4, -0.2) is 26.5 Å². The Kier molecular flexibility index (Phi) is 6.04. The van der Waals surface area contributed by atoms with E-state index in [1.54, 1.807) is 39.4 Å². The van der Waals surface area contributed by atoms with Crippen LogP contribution < -0.4 is 45.0 Å². The molecule has 0 aromatic carbocycles. The van der Waals surface area contributed by atoms with Crippen LogP contribution in [0.3, 0.4) is 0 Å². The van der Waals surface area contributed by atoms with Crippen LogP contribution in [-0.2, 0) is 11.3 Å². The first-order valence-electron chi connectivity index (χ1n) is 7.45. The van der Waals surface area contributed by atoms with Gasteiger partial charge in [-0.25, -0.2) is 0 Å². The summed E-state index contributed by atoms with van der Waals surface area (Å²) < 4.78 is 8.89. The van der Waals surface area contributed by atoms with E-state index in [2.05, 4.69) is 4.98 Å². The molecule has 0 aliphatic carbocycles. The third-order valence-electron chi connectivity index (χ3n) is 3.65. The largest absolute Gasteiger partial charge is 1.00 e. The molecule has 0 aliphatic heterocycles. The number of carbonyl (C=O) groups excluding carboxylic acids is 1. The van der Waals surface area contributed by atoms with E-state index in [1.165, 1.54) is 0 Å². The van der Waals surface area contributed by atoms with Gasteiger partial charge in [-0.2, -0.15) is 4.98 Å². The standard InChI is InChI=1S/C16H17N3O4.Na/c1-2-18-11-7-8-13(23-10-4-6-14(20)21)17-15(11)19-9-3-5-12(19)16(18)22;/h3,5,7-9H,2,4,6,10H2,1H3,(H,20,21);/q;+1/p-1. The molecule has 0 saturated carbocycles. The molecular weight excluding hydrogens is 321 g/mol. The molecule has 3 aromatic heterocycles. The summed E-state index contributed by atoms with van der Waals surface area (Å²) in [5.41, 5.74) is 1.85. The first kappa shape index (κ1) is 18.5. The van der Waals surface area contributed by atoms with Gasteiger partial charge in [0.1, 0.15) is 5.52 Å². The van der Waals surface area contributed by atoms with Crippen molar-refractivity contribution in [2.45, 2.75) is 26.3 Å². The summed E-state index contributed by atoms with van der Waals surface area (Å²) in [4.78, 5) is 27.3. The average Bonchev–Trinajstić information content (AvgIpc) is 3.02. The number of hydrogen-bond donors (Lipinski definition) is 0. The minimum absolute atomic E-state index is 0. The van der Waals surface area contributed by atoms with E-state index in [-0.39, 0.29) is 48.1 Å². The summed E-state index contributed by atoms with van der Waals surface area (Å²) in [7, 11) is 0. The number of ether oxygens (including phenoxy) is 1. The van der Waals surface area contributed by atoms with Crippen molar-refractivity contribution in [1.29, 1.82) is 0 Å². The van der Waals surface area contributed by atoms with Gasteiger partial charge in [0, 0.05) is 24.8 Å². The summed E-state index contributed by atoms with van der Waals surface area (Å²) >= 11 is 0. The first-order chi connectivity index (χ1) is 11.1. The Morgan fingerprint density at radius 2 is 2.08 bits per heavy atom. The van der Waals surface area contributed by atoms with Gasteiger partial charge in [0.05, 0.1) is 12.1 Å². The first-order valence-corrected chi connectivity index (χ1v) is 7.45. The average molecular weight is 337 g/mol. The Morgan fingerprint density at radius 3 is 2.79 bits per heavy atom. The SMILES string of the molecule is CCn1c(=O)c2cccn2c2nc(OCCCC(=O)[O-])ccc21.[Na+]. The molecule has 24 heavy (non-hydrogen) atoms. The molecule has 0 fully saturated rings. The molecule has 3 aromatic rings. The molecule has 8 heteroatoms. The Labute approximate surface area is 160 Å². The Balaban J connectivity index is 0.00000208. The number of carboxylic acids is 1. The Bertz CT molecular complexity index is 932. The molecule has 0 aliphatic rings. The fraction of sp³-hybridized carbons (Fsp3) is 0.312. The van der Waals surface area contributed by atoms with Gasteiger partial charge in [0.15, 0.2) is 5.65 Å². The van der Waals surface area contributed by atoms with Gasteiger partial charge in [0.2, 0.25) is 5.88 Å². The van der Waals surface area contributed by atoms with E-state index in [9.17, 15) is 14.7 Å². The fourth-order valence-corrected chi connectivity index (χ4v) is 2.59. The van der Waals surface area contributed by atoms with Crippen LogP contribution in [0.15, 0.2) is 35.3 Å². The summed E-state index contributed by atoms with van der Waals surface area (Å²) in [5.74, 6) is -0.701. The molecule has 0 spiro atoms. The van der Waals surface area contributed by atoms with Gasteiger partial charge >= 0.3 is 29.6 Å². The topological polar surface area (TPSA) is 88.7 Å². The van der Waals surface area contributed by atoms with Crippen LogP contribution in [0.5, 0.6) is 5.88 Å². The summed E-state index contributed by atoms with van der Waals surface area (Å²) in [5, 5.41) is 10.4. The van der Waals surface area contributed by atoms with Crippen molar-refractivity contribution in [1.82, 2.24) is 14.0 Å². The van der Waals surface area contributed by atoms with Crippen LogP contribution >= 0.6 is 0 Å². The smallest absolute Gasteiger partial charge is 0.550 e. The number of carboxylic acid groups (broad SMARTS) is 1. The van der Waals surface area contributed by atoms with Crippen molar-refractivity contribution in [2.24, 2.45) is 0 Å². The molecule has 0 amide bonds. The number of aromatic nitrogens is 3. The quantitative estimate of drug-likeness (QED) is 0.369. The van der Waals surface area contributed by atoms with Gasteiger partial charge in [0.25, 0.3) is 5.56 Å². The van der Waals surface area contributed by atoms with Crippen molar-refractivity contribution in [3.8, 4) is 5.88 Å². The molecular formula is C16H16N3NaO4. The molecule has 0 radical (unpaired) electrons. The van der Waals surface area contributed by atoms with Crippen LogP contribution in [0.2, 0.25) is 0 Å². The molecule has 0 bridgehead atoms. The van der Waals surface area contributed by atoms with E-state index >= 15 is 0 Å². The molecule has 0 unspecified atom stereocenters. The monoisotopic (exact) mass is 337 g/mol. The van der Waals surface area contributed by atoms with E-state index in [4.69, 9.17) is 4.74 Å². The van der Waals surface area contributed by atoms with Crippen molar-refractivity contribution < 1.29 is 44.2 Å². The van der Waals surface area contributed by atoms with Crippen molar-refractivity contribution in [3.63, 3.8) is 0 Å². The fourth-order valence-electron chi connectivity index (χ4n) is 2.59. The molecule has 3 heterocycles. The number of carbonyl (C=O) groups is 1. The van der Waals surface area contributed by atoms with Gasteiger partial charge in [-0.15, -0.1) is 0 Å². The van der Waals surface area contributed by atoms with Gasteiger partial charge in [-0.3, -0.25) is 9.20 Å². The number of aliphatic carboxylic acids is 1. The maximum atomic E-state index is 12.4. The van der Waals surface area contributed by atoms with E-state index in [0.717, 1.165) is 5.52 Å². The van der Waals surface area contributed by atoms with E-state index in [0.29, 0.717) is 30.0 Å². The normalized spacial score (nSPS) is 10.7.